The fraction of sp³-hybridized carbons (Fsp3) is 0.214. The predicted molar refractivity (Wildman–Crippen MR) is 83.3 cm³/mol. The Morgan fingerprint density at radius 1 is 1.45 bits per heavy atom. The molecule has 0 unspecified atom stereocenters. The molecule has 1 heterocycles. The fourth-order valence-corrected chi connectivity index (χ4v) is 3.22. The molecule has 1 fully saturated rings. The van der Waals surface area contributed by atoms with Crippen molar-refractivity contribution in [2.75, 3.05) is 0 Å². The molecule has 0 spiro atoms. The van der Waals surface area contributed by atoms with Gasteiger partial charge in [-0.2, -0.15) is 0 Å². The fourth-order valence-electron chi connectivity index (χ4n) is 1.81. The number of thioether (sulfide) groups is 1. The van der Waals surface area contributed by atoms with Crippen LogP contribution in [0.15, 0.2) is 29.2 Å². The SMILES string of the molecule is Cc1ccccc1/C=C1/SC(=S)N([C@@H](C)C(=O)O)C1=O. The molecule has 104 valence electrons. The van der Waals surface area contributed by atoms with Gasteiger partial charge in [-0.1, -0.05) is 48.2 Å². The third-order valence-electron chi connectivity index (χ3n) is 3.04. The van der Waals surface area contributed by atoms with E-state index in [1.807, 2.05) is 31.2 Å². The molecule has 0 aliphatic carbocycles. The van der Waals surface area contributed by atoms with Crippen LogP contribution in [0.2, 0.25) is 0 Å². The average Bonchev–Trinajstić information content (AvgIpc) is 2.66. The van der Waals surface area contributed by atoms with E-state index in [9.17, 15) is 9.59 Å². The van der Waals surface area contributed by atoms with Gasteiger partial charge in [-0.15, -0.1) is 0 Å². The minimum atomic E-state index is -1.07. The van der Waals surface area contributed by atoms with Crippen molar-refractivity contribution in [3.05, 3.63) is 40.3 Å². The Balaban J connectivity index is 2.33. The molecule has 1 atom stereocenters. The highest BCUT2D eigenvalue weighted by molar-refractivity contribution is 8.26. The summed E-state index contributed by atoms with van der Waals surface area (Å²) < 4.78 is 0.282. The first-order chi connectivity index (χ1) is 9.41. The molecule has 20 heavy (non-hydrogen) atoms. The Morgan fingerprint density at radius 2 is 2.10 bits per heavy atom. The number of nitrogens with zero attached hydrogens (tertiary/aromatic N) is 1. The maximum Gasteiger partial charge on any atom is 0.326 e. The Labute approximate surface area is 126 Å². The van der Waals surface area contributed by atoms with E-state index < -0.39 is 12.0 Å². The van der Waals surface area contributed by atoms with E-state index in [1.54, 1.807) is 6.08 Å². The van der Waals surface area contributed by atoms with Gasteiger partial charge in [-0.3, -0.25) is 9.69 Å². The molecule has 1 aliphatic heterocycles. The molecular weight excluding hydrogens is 294 g/mol. The van der Waals surface area contributed by atoms with E-state index in [4.69, 9.17) is 17.3 Å². The molecule has 0 radical (unpaired) electrons. The van der Waals surface area contributed by atoms with E-state index in [0.717, 1.165) is 27.8 Å². The number of benzene rings is 1. The van der Waals surface area contributed by atoms with Crippen LogP contribution in [0.1, 0.15) is 18.1 Å². The normalized spacial score (nSPS) is 18.7. The van der Waals surface area contributed by atoms with Crippen LogP contribution in [-0.2, 0) is 9.59 Å². The number of hydrogen-bond acceptors (Lipinski definition) is 4. The average molecular weight is 307 g/mol. The lowest BCUT2D eigenvalue weighted by molar-refractivity contribution is -0.144. The van der Waals surface area contributed by atoms with Gasteiger partial charge in [-0.05, 0) is 31.1 Å². The number of thiocarbonyl (C=S) groups is 1. The predicted octanol–water partition coefficient (Wildman–Crippen LogP) is 2.67. The largest absolute Gasteiger partial charge is 0.480 e. The third kappa shape index (κ3) is 2.76. The van der Waals surface area contributed by atoms with Crippen LogP contribution in [0.3, 0.4) is 0 Å². The number of aliphatic carboxylic acids is 1. The van der Waals surface area contributed by atoms with Crippen LogP contribution in [0, 0.1) is 6.92 Å². The topological polar surface area (TPSA) is 57.6 Å². The zero-order valence-electron chi connectivity index (χ0n) is 11.0. The highest BCUT2D eigenvalue weighted by Gasteiger charge is 2.38. The van der Waals surface area contributed by atoms with Crippen molar-refractivity contribution >= 4 is 46.3 Å². The van der Waals surface area contributed by atoms with E-state index in [2.05, 4.69) is 0 Å². The molecule has 1 aliphatic rings. The smallest absolute Gasteiger partial charge is 0.326 e. The van der Waals surface area contributed by atoms with Crippen molar-refractivity contribution in [3.63, 3.8) is 0 Å². The van der Waals surface area contributed by atoms with Crippen LogP contribution in [-0.4, -0.2) is 32.2 Å². The zero-order chi connectivity index (χ0) is 14.9. The summed E-state index contributed by atoms with van der Waals surface area (Å²) in [4.78, 5) is 24.9. The maximum atomic E-state index is 12.3. The summed E-state index contributed by atoms with van der Waals surface area (Å²) in [5.41, 5.74) is 1.97. The molecule has 0 bridgehead atoms. The first kappa shape index (κ1) is 14.7. The molecule has 1 N–H and O–H groups in total. The van der Waals surface area contributed by atoms with Gasteiger partial charge in [0.2, 0.25) is 0 Å². The van der Waals surface area contributed by atoms with Crippen molar-refractivity contribution in [1.82, 2.24) is 4.90 Å². The van der Waals surface area contributed by atoms with Gasteiger partial charge in [-0.25, -0.2) is 4.79 Å². The monoisotopic (exact) mass is 307 g/mol. The first-order valence-electron chi connectivity index (χ1n) is 5.97. The Morgan fingerprint density at radius 3 is 2.70 bits per heavy atom. The minimum absolute atomic E-state index is 0.282. The number of hydrogen-bond donors (Lipinski definition) is 1. The second-order valence-electron chi connectivity index (χ2n) is 4.42. The molecule has 1 aromatic rings. The number of carbonyl (C=O) groups excluding carboxylic acids is 1. The summed E-state index contributed by atoms with van der Waals surface area (Å²) in [5, 5.41) is 9.02. The lowest BCUT2D eigenvalue weighted by Gasteiger charge is -2.18. The standard InChI is InChI=1S/C14H13NO3S2/c1-8-5-3-4-6-10(8)7-11-12(16)15(14(19)20-11)9(2)13(17)18/h3-7,9H,1-2H3,(H,17,18)/b11-7+/t9-/m0/s1. The van der Waals surface area contributed by atoms with Crippen molar-refractivity contribution in [2.45, 2.75) is 19.9 Å². The van der Waals surface area contributed by atoms with Gasteiger partial charge < -0.3 is 5.11 Å². The summed E-state index contributed by atoms with van der Waals surface area (Å²) in [6, 6.07) is 6.71. The summed E-state index contributed by atoms with van der Waals surface area (Å²) in [7, 11) is 0. The van der Waals surface area contributed by atoms with Gasteiger partial charge in [0.05, 0.1) is 4.91 Å². The molecule has 4 nitrogen and oxygen atoms in total. The van der Waals surface area contributed by atoms with Crippen LogP contribution >= 0.6 is 24.0 Å². The molecule has 1 saturated heterocycles. The second-order valence-corrected chi connectivity index (χ2v) is 6.10. The summed E-state index contributed by atoms with van der Waals surface area (Å²) in [5.74, 6) is -1.42. The second kappa shape index (κ2) is 5.76. The summed E-state index contributed by atoms with van der Waals surface area (Å²) >= 11 is 6.24. The molecular formula is C14H13NO3S2. The quantitative estimate of drug-likeness (QED) is 0.687. The number of carboxylic acids is 1. The highest BCUT2D eigenvalue weighted by Crippen LogP contribution is 2.34. The van der Waals surface area contributed by atoms with E-state index in [1.165, 1.54) is 6.92 Å². The van der Waals surface area contributed by atoms with Gasteiger partial charge in [0.25, 0.3) is 5.91 Å². The van der Waals surface area contributed by atoms with Gasteiger partial charge in [0.1, 0.15) is 10.4 Å². The number of carboxylic acid groups (broad SMARTS) is 1. The summed E-state index contributed by atoms with van der Waals surface area (Å²) in [6.45, 7) is 3.40. The van der Waals surface area contributed by atoms with E-state index in [-0.39, 0.29) is 10.2 Å². The minimum Gasteiger partial charge on any atom is -0.480 e. The van der Waals surface area contributed by atoms with E-state index in [0.29, 0.717) is 4.91 Å². The Kier molecular flexibility index (Phi) is 4.25. The van der Waals surface area contributed by atoms with Gasteiger partial charge in [0.15, 0.2) is 0 Å². The van der Waals surface area contributed by atoms with Gasteiger partial charge in [0, 0.05) is 0 Å². The summed E-state index contributed by atoms with van der Waals surface area (Å²) in [6.07, 6.45) is 1.75. The molecule has 1 amide bonds. The molecule has 0 saturated carbocycles. The molecule has 1 aromatic carbocycles. The zero-order valence-corrected chi connectivity index (χ0v) is 12.6. The highest BCUT2D eigenvalue weighted by atomic mass is 32.2. The number of amides is 1. The van der Waals surface area contributed by atoms with Crippen LogP contribution in [0.25, 0.3) is 6.08 Å². The number of rotatable bonds is 3. The lowest BCUT2D eigenvalue weighted by atomic mass is 10.1. The first-order valence-corrected chi connectivity index (χ1v) is 7.20. The molecule has 6 heteroatoms. The van der Waals surface area contributed by atoms with E-state index >= 15 is 0 Å². The molecule has 0 aromatic heterocycles. The Bertz CT molecular complexity index is 625. The van der Waals surface area contributed by atoms with Crippen molar-refractivity contribution < 1.29 is 14.7 Å². The van der Waals surface area contributed by atoms with Crippen LogP contribution in [0.5, 0.6) is 0 Å². The number of carbonyl (C=O) groups is 2. The molecule has 2 rings (SSSR count). The van der Waals surface area contributed by atoms with Crippen molar-refractivity contribution in [1.29, 1.82) is 0 Å². The third-order valence-corrected chi connectivity index (χ3v) is 4.37. The van der Waals surface area contributed by atoms with Crippen molar-refractivity contribution in [2.24, 2.45) is 0 Å². The number of aryl methyl sites for hydroxylation is 1. The van der Waals surface area contributed by atoms with Crippen LogP contribution < -0.4 is 0 Å². The van der Waals surface area contributed by atoms with Crippen molar-refractivity contribution in [3.8, 4) is 0 Å². The van der Waals surface area contributed by atoms with Crippen LogP contribution in [0.4, 0.5) is 0 Å². The Hall–Kier alpha value is -1.66. The van der Waals surface area contributed by atoms with Gasteiger partial charge >= 0.3 is 5.97 Å². The lowest BCUT2D eigenvalue weighted by Crippen LogP contribution is -2.41. The maximum absolute atomic E-state index is 12.3.